The first-order chi connectivity index (χ1) is 11.5. The van der Waals surface area contributed by atoms with Gasteiger partial charge >= 0.3 is 0 Å². The number of aromatic amines is 1. The molecular formula is C21H34N2O. The third kappa shape index (κ3) is 11.6. The molecule has 2 heterocycles. The van der Waals surface area contributed by atoms with E-state index in [1.54, 1.807) is 6.07 Å². The molecule has 3 heteroatoms. The van der Waals surface area contributed by atoms with E-state index in [1.165, 1.54) is 18.2 Å². The molecule has 2 rings (SSSR count). The van der Waals surface area contributed by atoms with E-state index in [4.69, 9.17) is 0 Å². The minimum Gasteiger partial charge on any atom is -0.326 e. The van der Waals surface area contributed by atoms with Crippen molar-refractivity contribution in [2.45, 2.75) is 60.8 Å². The molecule has 0 aromatic carbocycles. The van der Waals surface area contributed by atoms with E-state index in [0.717, 1.165) is 24.5 Å². The second-order valence-corrected chi connectivity index (χ2v) is 6.39. The predicted molar refractivity (Wildman–Crippen MR) is 104 cm³/mol. The van der Waals surface area contributed by atoms with Crippen LogP contribution >= 0.6 is 0 Å². The second kappa shape index (κ2) is 13.5. The summed E-state index contributed by atoms with van der Waals surface area (Å²) in [6, 6.07) is 11.4. The number of H-pyrrole nitrogens is 1. The summed E-state index contributed by atoms with van der Waals surface area (Å²) in [6.07, 6.45) is 5.14. The Bertz CT molecular complexity index is 574. The van der Waals surface area contributed by atoms with Gasteiger partial charge in [0.05, 0.1) is 0 Å². The Hall–Kier alpha value is -1.90. The summed E-state index contributed by atoms with van der Waals surface area (Å²) in [5, 5.41) is 0. The first kappa shape index (κ1) is 22.1. The Morgan fingerprint density at radius 3 is 2.17 bits per heavy atom. The number of aryl methyl sites for hydroxylation is 1. The maximum Gasteiger partial charge on any atom is 0.248 e. The number of aromatic nitrogens is 2. The summed E-state index contributed by atoms with van der Waals surface area (Å²) in [5.41, 5.74) is 2.22. The van der Waals surface area contributed by atoms with E-state index in [9.17, 15) is 4.79 Å². The molecule has 24 heavy (non-hydrogen) atoms. The minimum atomic E-state index is -0.0110. The van der Waals surface area contributed by atoms with Crippen molar-refractivity contribution in [1.82, 2.24) is 9.97 Å². The number of rotatable bonds is 5. The van der Waals surface area contributed by atoms with Crippen LogP contribution in [0, 0.1) is 11.8 Å². The molecule has 1 N–H and O–H groups in total. The van der Waals surface area contributed by atoms with Crippen LogP contribution in [0.25, 0.3) is 0 Å². The summed E-state index contributed by atoms with van der Waals surface area (Å²) in [5.74, 6) is 1.37. The van der Waals surface area contributed by atoms with Gasteiger partial charge in [-0.3, -0.25) is 9.78 Å². The average Bonchev–Trinajstić information content (AvgIpc) is 2.56. The SMILES string of the molecule is CC.CC(C)CCc1ccccn1.CC(C)Cc1cccc(=O)[nH]1. The standard InChI is InChI=1S/C10H15N.C9H13NO.C2H6/c1-9(2)6-7-10-5-3-4-8-11-10;1-7(2)6-8-4-3-5-9(11)10-8;1-2/h3-5,8-9H,6-7H2,1-2H3;3-5,7H,6H2,1-2H3,(H,10,11);1-2H3. The number of hydrogen-bond donors (Lipinski definition) is 1. The highest BCUT2D eigenvalue weighted by Crippen LogP contribution is 2.05. The van der Waals surface area contributed by atoms with E-state index >= 15 is 0 Å². The van der Waals surface area contributed by atoms with Crippen LogP contribution < -0.4 is 5.56 Å². The van der Waals surface area contributed by atoms with Gasteiger partial charge in [0, 0.05) is 23.7 Å². The van der Waals surface area contributed by atoms with Gasteiger partial charge < -0.3 is 4.98 Å². The molecule has 0 amide bonds. The number of nitrogens with zero attached hydrogens (tertiary/aromatic N) is 1. The normalized spacial score (nSPS) is 9.83. The van der Waals surface area contributed by atoms with Gasteiger partial charge in [0.25, 0.3) is 0 Å². The van der Waals surface area contributed by atoms with Gasteiger partial charge in [-0.1, -0.05) is 53.7 Å². The van der Waals surface area contributed by atoms with Crippen molar-refractivity contribution in [3.63, 3.8) is 0 Å². The van der Waals surface area contributed by atoms with Crippen LogP contribution in [0.15, 0.2) is 47.4 Å². The predicted octanol–water partition coefficient (Wildman–Crippen LogP) is 5.27. The van der Waals surface area contributed by atoms with E-state index in [-0.39, 0.29) is 5.56 Å². The molecule has 0 saturated heterocycles. The van der Waals surface area contributed by atoms with Crippen molar-refractivity contribution in [1.29, 1.82) is 0 Å². The zero-order valence-electron chi connectivity index (χ0n) is 16.2. The molecule has 0 saturated carbocycles. The molecule has 134 valence electrons. The highest BCUT2D eigenvalue weighted by atomic mass is 16.1. The molecule has 3 nitrogen and oxygen atoms in total. The van der Waals surface area contributed by atoms with Crippen molar-refractivity contribution in [3.8, 4) is 0 Å². The van der Waals surface area contributed by atoms with Gasteiger partial charge in [-0.15, -0.1) is 0 Å². The monoisotopic (exact) mass is 330 g/mol. The maximum atomic E-state index is 10.8. The van der Waals surface area contributed by atoms with Crippen LogP contribution in [0.3, 0.4) is 0 Å². The molecule has 0 fully saturated rings. The lowest BCUT2D eigenvalue weighted by Gasteiger charge is -2.02. The van der Waals surface area contributed by atoms with Crippen LogP contribution in [-0.2, 0) is 12.8 Å². The van der Waals surface area contributed by atoms with Gasteiger partial charge in [-0.05, 0) is 49.3 Å². The van der Waals surface area contributed by atoms with Crippen LogP contribution in [0.1, 0.15) is 59.4 Å². The summed E-state index contributed by atoms with van der Waals surface area (Å²) in [6.45, 7) is 12.7. The molecule has 0 unspecified atom stereocenters. The molecule has 0 bridgehead atoms. The quantitative estimate of drug-likeness (QED) is 0.811. The lowest BCUT2D eigenvalue weighted by Crippen LogP contribution is -2.07. The molecule has 0 radical (unpaired) electrons. The Morgan fingerprint density at radius 1 is 0.958 bits per heavy atom. The summed E-state index contributed by atoms with van der Waals surface area (Å²) < 4.78 is 0. The topological polar surface area (TPSA) is 45.8 Å². The highest BCUT2D eigenvalue weighted by molar-refractivity contribution is 5.04. The minimum absolute atomic E-state index is 0.0110. The summed E-state index contributed by atoms with van der Waals surface area (Å²) >= 11 is 0. The number of nitrogens with one attached hydrogen (secondary N) is 1. The van der Waals surface area contributed by atoms with E-state index in [0.29, 0.717) is 5.92 Å². The fraction of sp³-hybridized carbons (Fsp3) is 0.524. The van der Waals surface area contributed by atoms with Crippen molar-refractivity contribution in [3.05, 3.63) is 64.3 Å². The van der Waals surface area contributed by atoms with Crippen molar-refractivity contribution < 1.29 is 0 Å². The zero-order chi connectivity index (χ0) is 18.4. The zero-order valence-corrected chi connectivity index (χ0v) is 16.2. The first-order valence-electron chi connectivity index (χ1n) is 9.05. The summed E-state index contributed by atoms with van der Waals surface area (Å²) in [4.78, 5) is 17.8. The van der Waals surface area contributed by atoms with Crippen LogP contribution in [0.2, 0.25) is 0 Å². The summed E-state index contributed by atoms with van der Waals surface area (Å²) in [7, 11) is 0. The van der Waals surface area contributed by atoms with Crippen molar-refractivity contribution in [2.75, 3.05) is 0 Å². The third-order valence-corrected chi connectivity index (χ3v) is 3.16. The molecule has 2 aromatic heterocycles. The van der Waals surface area contributed by atoms with Crippen LogP contribution in [-0.4, -0.2) is 9.97 Å². The molecule has 0 atom stereocenters. The Kier molecular flexibility index (Phi) is 12.5. The van der Waals surface area contributed by atoms with Crippen LogP contribution in [0.4, 0.5) is 0 Å². The third-order valence-electron chi connectivity index (χ3n) is 3.16. The number of hydrogen-bond acceptors (Lipinski definition) is 2. The molecule has 0 spiro atoms. The smallest absolute Gasteiger partial charge is 0.248 e. The second-order valence-electron chi connectivity index (χ2n) is 6.39. The number of pyridine rings is 2. The molecule has 2 aromatic rings. The maximum absolute atomic E-state index is 10.8. The molecule has 0 aliphatic carbocycles. The Labute approximate surface area is 147 Å². The molecule has 0 aliphatic rings. The van der Waals surface area contributed by atoms with Gasteiger partial charge in [-0.2, -0.15) is 0 Å². The van der Waals surface area contributed by atoms with Crippen molar-refractivity contribution >= 4 is 0 Å². The Balaban J connectivity index is 0.000000400. The fourth-order valence-electron chi connectivity index (χ4n) is 2.03. The molecule has 0 aliphatic heterocycles. The largest absolute Gasteiger partial charge is 0.326 e. The van der Waals surface area contributed by atoms with Crippen molar-refractivity contribution in [2.24, 2.45) is 11.8 Å². The van der Waals surface area contributed by atoms with Crippen LogP contribution in [0.5, 0.6) is 0 Å². The lowest BCUT2D eigenvalue weighted by molar-refractivity contribution is 0.581. The van der Waals surface area contributed by atoms with Gasteiger partial charge in [-0.25, -0.2) is 0 Å². The highest BCUT2D eigenvalue weighted by Gasteiger charge is 1.97. The van der Waals surface area contributed by atoms with Gasteiger partial charge in [0.2, 0.25) is 5.56 Å². The van der Waals surface area contributed by atoms with Gasteiger partial charge in [0.15, 0.2) is 0 Å². The average molecular weight is 331 g/mol. The van der Waals surface area contributed by atoms with Gasteiger partial charge in [0.1, 0.15) is 0 Å². The van der Waals surface area contributed by atoms with E-state index in [2.05, 4.69) is 43.7 Å². The fourth-order valence-corrected chi connectivity index (χ4v) is 2.03. The lowest BCUT2D eigenvalue weighted by atomic mass is 10.1. The van der Waals surface area contributed by atoms with E-state index in [1.807, 2.05) is 38.2 Å². The molecular weight excluding hydrogens is 296 g/mol. The van der Waals surface area contributed by atoms with E-state index < -0.39 is 0 Å². The Morgan fingerprint density at radius 2 is 1.67 bits per heavy atom. The first-order valence-corrected chi connectivity index (χ1v) is 9.05.